The molecule has 11 nitrogen and oxygen atoms in total. The van der Waals surface area contributed by atoms with E-state index in [1.54, 1.807) is 0 Å². The lowest BCUT2D eigenvalue weighted by Gasteiger charge is -2.21. The summed E-state index contributed by atoms with van der Waals surface area (Å²) in [6.07, 6.45) is 37.2. The number of allylic oxidation sites excluding steroid dienone is 6. The van der Waals surface area contributed by atoms with Crippen LogP contribution in [0.15, 0.2) is 36.5 Å². The highest BCUT2D eigenvalue weighted by Crippen LogP contribution is 2.43. The Balaban J connectivity index is 4.80. The summed E-state index contributed by atoms with van der Waals surface area (Å²) in [4.78, 5) is 47.9. The zero-order chi connectivity index (χ0) is 42.8. The summed E-state index contributed by atoms with van der Waals surface area (Å²) in [6, 6.07) is 0. The number of rotatable bonds is 42. The normalized spacial score (nSPS) is 13.9. The maximum Gasteiger partial charge on any atom is 0.472 e. The zero-order valence-electron chi connectivity index (χ0n) is 36.8. The fourth-order valence-corrected chi connectivity index (χ4v) is 6.86. The molecule has 2 N–H and O–H groups in total. The van der Waals surface area contributed by atoms with Gasteiger partial charge in [-0.3, -0.25) is 23.4 Å². The first-order valence-corrected chi connectivity index (χ1v) is 24.4. The molecule has 0 saturated carbocycles. The number of carbonyl (C=O) groups excluding carboxylic acids is 3. The van der Waals surface area contributed by atoms with Crippen LogP contribution in [0, 0.1) is 0 Å². The summed E-state index contributed by atoms with van der Waals surface area (Å²) < 4.78 is 39.0. The van der Waals surface area contributed by atoms with Crippen LogP contribution in [0.1, 0.15) is 201 Å². The van der Waals surface area contributed by atoms with Gasteiger partial charge in [0.05, 0.1) is 19.8 Å². The highest BCUT2D eigenvalue weighted by atomic mass is 31.2. The smallest absolute Gasteiger partial charge is 0.462 e. The van der Waals surface area contributed by atoms with Gasteiger partial charge in [0.15, 0.2) is 6.10 Å². The van der Waals surface area contributed by atoms with Crippen molar-refractivity contribution in [3.05, 3.63) is 36.5 Å². The highest BCUT2D eigenvalue weighted by Gasteiger charge is 2.28. The largest absolute Gasteiger partial charge is 0.472 e. The van der Waals surface area contributed by atoms with Crippen LogP contribution in [0.3, 0.4) is 0 Å². The van der Waals surface area contributed by atoms with Crippen LogP contribution in [-0.2, 0) is 42.2 Å². The van der Waals surface area contributed by atoms with Crippen LogP contribution in [0.5, 0.6) is 0 Å². The number of phosphoric acid groups is 1. The van der Waals surface area contributed by atoms with E-state index in [0.29, 0.717) is 19.3 Å². The van der Waals surface area contributed by atoms with Crippen LogP contribution in [0.4, 0.5) is 0 Å². The molecule has 0 aliphatic rings. The van der Waals surface area contributed by atoms with Gasteiger partial charge in [-0.1, -0.05) is 166 Å². The molecule has 58 heavy (non-hydrogen) atoms. The lowest BCUT2D eigenvalue weighted by Crippen LogP contribution is -2.30. The van der Waals surface area contributed by atoms with E-state index in [1.807, 2.05) is 0 Å². The number of unbranched alkanes of at least 4 members (excludes halogenated alkanes) is 19. The van der Waals surface area contributed by atoms with Crippen LogP contribution < -0.4 is 0 Å². The molecule has 0 aromatic heterocycles. The summed E-state index contributed by atoms with van der Waals surface area (Å²) in [5.74, 6) is -1.50. The van der Waals surface area contributed by atoms with E-state index in [9.17, 15) is 28.9 Å². The van der Waals surface area contributed by atoms with Gasteiger partial charge in [-0.2, -0.15) is 0 Å². The van der Waals surface area contributed by atoms with Gasteiger partial charge in [0.25, 0.3) is 0 Å². The van der Waals surface area contributed by atoms with Crippen molar-refractivity contribution in [1.82, 2.24) is 0 Å². The van der Waals surface area contributed by atoms with Gasteiger partial charge in [0.1, 0.15) is 12.7 Å². The minimum absolute atomic E-state index is 0.135. The monoisotopic (exact) mass is 843 g/mol. The third kappa shape index (κ3) is 39.2. The number of hydrogen-bond acceptors (Lipinski definition) is 10. The van der Waals surface area contributed by atoms with Crippen molar-refractivity contribution in [2.75, 3.05) is 26.4 Å². The molecule has 0 amide bonds. The van der Waals surface area contributed by atoms with Crippen molar-refractivity contribution in [3.8, 4) is 0 Å². The molecule has 0 bridgehead atoms. The van der Waals surface area contributed by atoms with Crippen molar-refractivity contribution in [1.29, 1.82) is 0 Å². The van der Waals surface area contributed by atoms with Crippen LogP contribution in [0.2, 0.25) is 0 Å². The Bertz CT molecular complexity index is 1120. The number of aliphatic hydroxyl groups is 1. The number of esters is 3. The van der Waals surface area contributed by atoms with E-state index in [4.69, 9.17) is 23.3 Å². The SMILES string of the molecule is CC/C=C\C/C=C\C/C=C\CCCCCC(=O)OC(COC(=O)CCCCCCCCCCC)COP(=O)(O)OCC(CO)OC(=O)CCCCCCCCCCC. The number of carbonyl (C=O) groups is 3. The van der Waals surface area contributed by atoms with E-state index in [0.717, 1.165) is 77.0 Å². The van der Waals surface area contributed by atoms with Gasteiger partial charge < -0.3 is 24.2 Å². The average Bonchev–Trinajstić information content (AvgIpc) is 3.20. The second-order valence-corrected chi connectivity index (χ2v) is 16.7. The number of ether oxygens (including phenoxy) is 3. The predicted molar refractivity (Wildman–Crippen MR) is 233 cm³/mol. The van der Waals surface area contributed by atoms with Gasteiger partial charge in [-0.25, -0.2) is 4.57 Å². The Morgan fingerprint density at radius 1 is 0.500 bits per heavy atom. The molecule has 0 saturated heterocycles. The maximum atomic E-state index is 12.7. The minimum Gasteiger partial charge on any atom is -0.462 e. The second-order valence-electron chi connectivity index (χ2n) is 15.2. The molecule has 0 spiro atoms. The third-order valence-electron chi connectivity index (χ3n) is 9.58. The van der Waals surface area contributed by atoms with E-state index in [2.05, 4.69) is 57.2 Å². The lowest BCUT2D eigenvalue weighted by atomic mass is 10.1. The summed E-state index contributed by atoms with van der Waals surface area (Å²) in [5, 5.41) is 9.69. The Kier molecular flexibility index (Phi) is 39.8. The average molecular weight is 843 g/mol. The quantitative estimate of drug-likeness (QED) is 0.0198. The van der Waals surface area contributed by atoms with Gasteiger partial charge in [-0.05, 0) is 51.4 Å². The van der Waals surface area contributed by atoms with E-state index in [-0.39, 0.29) is 25.9 Å². The first-order chi connectivity index (χ1) is 28.2. The molecule has 0 aliphatic heterocycles. The molecule has 0 aliphatic carbocycles. The molecule has 0 fully saturated rings. The van der Waals surface area contributed by atoms with Crippen molar-refractivity contribution in [2.45, 2.75) is 213 Å². The second kappa shape index (κ2) is 41.4. The Hall–Kier alpha value is -2.30. The lowest BCUT2D eigenvalue weighted by molar-refractivity contribution is -0.161. The van der Waals surface area contributed by atoms with E-state index < -0.39 is 57.8 Å². The van der Waals surface area contributed by atoms with E-state index in [1.165, 1.54) is 64.2 Å². The molecule has 0 radical (unpaired) electrons. The van der Waals surface area contributed by atoms with Crippen LogP contribution in [0.25, 0.3) is 0 Å². The summed E-state index contributed by atoms with van der Waals surface area (Å²) in [7, 11) is -4.73. The van der Waals surface area contributed by atoms with Crippen LogP contribution >= 0.6 is 7.82 Å². The topological polar surface area (TPSA) is 155 Å². The Labute approximate surface area is 352 Å². The summed E-state index contributed by atoms with van der Waals surface area (Å²) in [6.45, 7) is 4.42. The van der Waals surface area contributed by atoms with E-state index >= 15 is 0 Å². The van der Waals surface area contributed by atoms with Gasteiger partial charge in [0, 0.05) is 19.3 Å². The predicted octanol–water partition coefficient (Wildman–Crippen LogP) is 12.1. The van der Waals surface area contributed by atoms with Crippen LogP contribution in [-0.4, -0.2) is 66.5 Å². The molecule has 12 heteroatoms. The van der Waals surface area contributed by atoms with Crippen molar-refractivity contribution < 1.29 is 52.2 Å². The van der Waals surface area contributed by atoms with Gasteiger partial charge >= 0.3 is 25.7 Å². The molecule has 0 aromatic rings. The molecule has 0 heterocycles. The molecule has 0 rings (SSSR count). The van der Waals surface area contributed by atoms with Crippen molar-refractivity contribution in [3.63, 3.8) is 0 Å². The summed E-state index contributed by atoms with van der Waals surface area (Å²) in [5.41, 5.74) is 0. The number of hydrogen-bond donors (Lipinski definition) is 2. The van der Waals surface area contributed by atoms with Gasteiger partial charge in [0.2, 0.25) is 0 Å². The number of phosphoric ester groups is 1. The molecule has 338 valence electrons. The summed E-state index contributed by atoms with van der Waals surface area (Å²) >= 11 is 0. The standard InChI is InChI=1S/C46H83O11P/c1-4-7-10-13-16-19-20-21-22-25-28-31-34-37-46(50)57-43(39-53-44(48)35-32-29-26-23-17-14-11-8-5-2)41-55-58(51,52)54-40-42(38-47)56-45(49)36-33-30-27-24-18-15-12-9-6-3/h7,10,16,19,21-22,42-43,47H,4-6,8-9,11-15,17-18,20,23-41H2,1-3H3,(H,51,52)/b10-7-,19-16-,22-21-. The maximum absolute atomic E-state index is 12.7. The van der Waals surface area contributed by atoms with Crippen molar-refractivity contribution >= 4 is 25.7 Å². The van der Waals surface area contributed by atoms with Crippen molar-refractivity contribution in [2.24, 2.45) is 0 Å². The Morgan fingerprint density at radius 2 is 0.897 bits per heavy atom. The molecule has 3 atom stereocenters. The molecule has 3 unspecified atom stereocenters. The highest BCUT2D eigenvalue weighted by molar-refractivity contribution is 7.47. The first kappa shape index (κ1) is 55.7. The molecular weight excluding hydrogens is 759 g/mol. The fraction of sp³-hybridized carbons (Fsp3) is 0.804. The molecule has 0 aromatic carbocycles. The minimum atomic E-state index is -4.73. The van der Waals surface area contributed by atoms with Gasteiger partial charge in [-0.15, -0.1) is 0 Å². The Morgan fingerprint density at radius 3 is 1.38 bits per heavy atom. The number of aliphatic hydroxyl groups excluding tert-OH is 1. The third-order valence-corrected chi connectivity index (χ3v) is 10.5. The first-order valence-electron chi connectivity index (χ1n) is 22.9. The zero-order valence-corrected chi connectivity index (χ0v) is 37.7. The molecular formula is C46H83O11P. The fourth-order valence-electron chi connectivity index (χ4n) is 6.07.